The number of aromatic nitrogens is 6. The number of H-pyrrole nitrogens is 1. The van der Waals surface area contributed by atoms with Crippen LogP contribution in [0.5, 0.6) is 5.88 Å². The first-order chi connectivity index (χ1) is 12.6. The first-order valence-electron chi connectivity index (χ1n) is 7.72. The van der Waals surface area contributed by atoms with E-state index in [0.717, 1.165) is 6.61 Å². The van der Waals surface area contributed by atoms with Gasteiger partial charge in [0.25, 0.3) is 5.95 Å². The number of nitrogens with zero attached hydrogens (tertiary/aromatic N) is 5. The molecule has 0 saturated heterocycles. The van der Waals surface area contributed by atoms with Crippen molar-refractivity contribution in [3.63, 3.8) is 0 Å². The number of carbonyl (C=O) groups is 1. The second kappa shape index (κ2) is 19.1. The summed E-state index contributed by atoms with van der Waals surface area (Å²) in [7, 11) is 4.48. The molecular formula is C19H34N6O4Y-2. The van der Waals surface area contributed by atoms with Crippen molar-refractivity contribution in [2.75, 3.05) is 27.9 Å². The molecule has 1 radical (unpaired) electrons. The van der Waals surface area contributed by atoms with Gasteiger partial charge in [-0.1, -0.05) is 14.9 Å². The molecule has 0 fully saturated rings. The monoisotopic (exact) mass is 499 g/mol. The topological polar surface area (TPSA) is 117 Å². The maximum Gasteiger partial charge on any atom is 0.341 e. The number of hydrogen-bond acceptors (Lipinski definition) is 8. The van der Waals surface area contributed by atoms with E-state index in [1.807, 2.05) is 6.92 Å². The van der Waals surface area contributed by atoms with Crippen LogP contribution in [0, 0.1) is 14.4 Å². The minimum Gasteiger partial charge on any atom is -0.479 e. The van der Waals surface area contributed by atoms with Crippen LogP contribution in [0.2, 0.25) is 0 Å². The Morgan fingerprint density at radius 1 is 1.17 bits per heavy atom. The number of esters is 1. The molecule has 0 spiro atoms. The van der Waals surface area contributed by atoms with Crippen molar-refractivity contribution in [1.82, 2.24) is 29.9 Å². The molecule has 0 bridgehead atoms. The molecule has 3 rings (SSSR count). The Morgan fingerprint density at radius 2 is 1.77 bits per heavy atom. The third-order valence-electron chi connectivity index (χ3n) is 2.95. The van der Waals surface area contributed by atoms with Crippen LogP contribution in [0.1, 0.15) is 39.1 Å². The van der Waals surface area contributed by atoms with Crippen molar-refractivity contribution in [3.8, 4) is 11.8 Å². The van der Waals surface area contributed by atoms with Crippen molar-refractivity contribution >= 4 is 17.0 Å². The Kier molecular flexibility index (Phi) is 22.6. The van der Waals surface area contributed by atoms with Gasteiger partial charge in [0.05, 0.1) is 32.2 Å². The van der Waals surface area contributed by atoms with Gasteiger partial charge in [-0.05, 0) is 6.92 Å². The molecule has 169 valence electrons. The fraction of sp³-hybridized carbons (Fsp3) is 0.421. The molecule has 0 aliphatic carbocycles. The Labute approximate surface area is 205 Å². The number of aromatic amines is 1. The van der Waals surface area contributed by atoms with E-state index in [2.05, 4.69) is 41.7 Å². The van der Waals surface area contributed by atoms with Gasteiger partial charge < -0.3 is 28.6 Å². The van der Waals surface area contributed by atoms with E-state index < -0.39 is 5.97 Å². The quantitative estimate of drug-likeness (QED) is 0.428. The molecular weight excluding hydrogens is 465 g/mol. The number of carbonyl (C=O) groups excluding carboxylic acids is 1. The number of fused-ring (bicyclic) bond motifs is 1. The Balaban J connectivity index is -0.000000306. The summed E-state index contributed by atoms with van der Waals surface area (Å²) >= 11 is 0. The van der Waals surface area contributed by atoms with Gasteiger partial charge in [0.2, 0.25) is 5.88 Å². The minimum absolute atomic E-state index is 0. The van der Waals surface area contributed by atoms with Gasteiger partial charge in [-0.25, -0.2) is 14.5 Å². The molecule has 0 aromatic carbocycles. The second-order valence-corrected chi connectivity index (χ2v) is 4.41. The average molecular weight is 499 g/mol. The first-order valence-corrected chi connectivity index (χ1v) is 7.72. The maximum absolute atomic E-state index is 11.4. The van der Waals surface area contributed by atoms with Crippen molar-refractivity contribution in [2.24, 2.45) is 0 Å². The van der Waals surface area contributed by atoms with Gasteiger partial charge in [-0.2, -0.15) is 22.1 Å². The summed E-state index contributed by atoms with van der Waals surface area (Å²) in [6.45, 7) is 7.78. The zero-order chi connectivity index (χ0) is 19.5. The second-order valence-electron chi connectivity index (χ2n) is 4.41. The molecule has 3 aromatic rings. The van der Waals surface area contributed by atoms with E-state index in [1.54, 1.807) is 20.2 Å². The van der Waals surface area contributed by atoms with Gasteiger partial charge in [0, 0.05) is 52.6 Å². The van der Waals surface area contributed by atoms with Crippen LogP contribution >= 0.6 is 0 Å². The van der Waals surface area contributed by atoms with E-state index >= 15 is 0 Å². The molecule has 11 heteroatoms. The van der Waals surface area contributed by atoms with Crippen LogP contribution in [0.15, 0.2) is 18.6 Å². The average Bonchev–Trinajstić information content (AvgIpc) is 3.37. The van der Waals surface area contributed by atoms with Crippen molar-refractivity contribution < 1.29 is 51.7 Å². The molecule has 0 aliphatic heterocycles. The summed E-state index contributed by atoms with van der Waals surface area (Å²) in [4.78, 5) is 19.9. The van der Waals surface area contributed by atoms with E-state index in [-0.39, 0.29) is 60.9 Å². The van der Waals surface area contributed by atoms with Crippen LogP contribution in [0.4, 0.5) is 0 Å². The van der Waals surface area contributed by atoms with Gasteiger partial charge >= 0.3 is 5.97 Å². The van der Waals surface area contributed by atoms with Crippen LogP contribution in [0.25, 0.3) is 17.0 Å². The molecule has 0 amide bonds. The minimum atomic E-state index is -0.479. The molecule has 0 saturated carbocycles. The summed E-state index contributed by atoms with van der Waals surface area (Å²) in [6, 6.07) is 0. The SMILES string of the molecule is C.C.CCOC.COC(=O)c1cnn(-c2nc(OC)c3[nH]ncc3n2)c1.[CH2-]C.[CH3-].[Y]. The van der Waals surface area contributed by atoms with Gasteiger partial charge in [-0.15, -0.1) is 0 Å². The molecule has 10 nitrogen and oxygen atoms in total. The number of rotatable bonds is 4. The van der Waals surface area contributed by atoms with Gasteiger partial charge in [0.1, 0.15) is 11.0 Å². The van der Waals surface area contributed by atoms with Crippen LogP contribution in [-0.2, 0) is 42.2 Å². The molecule has 1 N–H and O–H groups in total. The maximum atomic E-state index is 11.4. The summed E-state index contributed by atoms with van der Waals surface area (Å²) in [6.07, 6.45) is 4.40. The summed E-state index contributed by atoms with van der Waals surface area (Å²) in [5.74, 6) is 0.135. The standard InChI is InChI=1S/C11H10N6O3.C3H8O.C2H5.2CH4.CH3.Y/c1-19-9-8-7(4-12-16-8)14-11(15-9)17-5-6(3-13-17)10(18)20-2;1-3-4-2;1-2;;;;/h3-5H,1-2H3,(H,12,16);3H2,1-2H3;1H2,2H3;2*1H4;1H3;/q;;-1;;;-1;. The van der Waals surface area contributed by atoms with Crippen molar-refractivity contribution in [2.45, 2.75) is 28.7 Å². The first kappa shape index (κ1) is 35.5. The van der Waals surface area contributed by atoms with Crippen LogP contribution in [-0.4, -0.2) is 63.9 Å². The Morgan fingerprint density at radius 3 is 2.27 bits per heavy atom. The fourth-order valence-electron chi connectivity index (χ4n) is 1.71. The summed E-state index contributed by atoms with van der Waals surface area (Å²) < 4.78 is 15.7. The van der Waals surface area contributed by atoms with E-state index in [0.29, 0.717) is 22.5 Å². The third kappa shape index (κ3) is 9.27. The Bertz CT molecular complexity index is 820. The Hall–Kier alpha value is -1.91. The zero-order valence-electron chi connectivity index (χ0n) is 17.1. The van der Waals surface area contributed by atoms with Crippen LogP contribution < -0.4 is 4.74 Å². The van der Waals surface area contributed by atoms with E-state index in [4.69, 9.17) is 4.74 Å². The van der Waals surface area contributed by atoms with Crippen molar-refractivity contribution in [3.05, 3.63) is 38.5 Å². The third-order valence-corrected chi connectivity index (χ3v) is 2.95. The normalized spacial score (nSPS) is 8.33. The molecule has 3 aromatic heterocycles. The smallest absolute Gasteiger partial charge is 0.341 e. The largest absolute Gasteiger partial charge is 0.479 e. The van der Waals surface area contributed by atoms with Crippen molar-refractivity contribution in [1.29, 1.82) is 0 Å². The molecule has 0 atom stereocenters. The summed E-state index contributed by atoms with van der Waals surface area (Å²) in [5, 5.41) is 10.7. The van der Waals surface area contributed by atoms with Crippen LogP contribution in [0.3, 0.4) is 0 Å². The molecule has 0 aliphatic rings. The van der Waals surface area contributed by atoms with Gasteiger partial charge in [0.15, 0.2) is 0 Å². The van der Waals surface area contributed by atoms with Gasteiger partial charge in [-0.3, -0.25) is 5.10 Å². The number of nitrogens with one attached hydrogen (secondary N) is 1. The molecule has 0 unspecified atom stereocenters. The molecule has 30 heavy (non-hydrogen) atoms. The fourth-order valence-corrected chi connectivity index (χ4v) is 1.71. The van der Waals surface area contributed by atoms with E-state index in [9.17, 15) is 4.79 Å². The van der Waals surface area contributed by atoms with E-state index in [1.165, 1.54) is 31.3 Å². The number of hydrogen-bond donors (Lipinski definition) is 1. The predicted octanol–water partition coefficient (Wildman–Crippen LogP) is 3.55. The zero-order valence-corrected chi connectivity index (χ0v) is 19.9. The summed E-state index contributed by atoms with van der Waals surface area (Å²) in [5.41, 5.74) is 1.49. The predicted molar refractivity (Wildman–Crippen MR) is 115 cm³/mol. The number of methoxy groups -OCH3 is 3. The molecule has 3 heterocycles. The number of ether oxygens (including phenoxy) is 3.